The monoisotopic (exact) mass is 255 g/mol. The number of carbonyl (C=O) groups excluding carboxylic acids is 1. The van der Waals surface area contributed by atoms with Crippen LogP contribution in [0.15, 0.2) is 0 Å². The Labute approximate surface area is 95.5 Å². The topological polar surface area (TPSA) is 29.5 Å². The summed E-state index contributed by atoms with van der Waals surface area (Å²) in [5.41, 5.74) is -2.22. The van der Waals surface area contributed by atoms with E-state index in [1.165, 1.54) is 4.67 Å². The van der Waals surface area contributed by atoms with Gasteiger partial charge in [-0.2, -0.15) is 0 Å². The molecule has 84 valence electrons. The molecule has 0 aliphatic heterocycles. The highest BCUT2D eigenvalue weighted by molar-refractivity contribution is 8.69. The summed E-state index contributed by atoms with van der Waals surface area (Å²) in [6.45, 7) is 8.63. The average Bonchev–Trinajstić information content (AvgIpc) is 2.00. The van der Waals surface area contributed by atoms with E-state index in [2.05, 4.69) is 20.8 Å². The molecule has 14 heavy (non-hydrogen) atoms. The van der Waals surface area contributed by atoms with E-state index in [0.29, 0.717) is 6.61 Å². The standard InChI is InChI=1S/C8H18NO2PS2/c1-6-11-12(13,9(5)7-10)14-8(2,3)4/h7H,6H2,1-5H3. The lowest BCUT2D eigenvalue weighted by Crippen LogP contribution is -2.17. The first kappa shape index (κ1) is 14.4. The maximum atomic E-state index is 10.7. The summed E-state index contributed by atoms with van der Waals surface area (Å²) < 4.78 is 7.03. The van der Waals surface area contributed by atoms with Gasteiger partial charge in [-0.1, -0.05) is 32.2 Å². The molecule has 0 spiro atoms. The number of carbonyl (C=O) groups is 1. The molecule has 0 heterocycles. The molecule has 0 fully saturated rings. The summed E-state index contributed by atoms with van der Waals surface area (Å²) in [7, 11) is 1.68. The lowest BCUT2D eigenvalue weighted by molar-refractivity contribution is -0.113. The van der Waals surface area contributed by atoms with E-state index >= 15 is 0 Å². The SMILES string of the molecule is CCOP(=S)(SC(C)(C)C)N(C)C=O. The first-order valence-electron chi connectivity index (χ1n) is 4.39. The van der Waals surface area contributed by atoms with Crippen LogP contribution in [0.25, 0.3) is 0 Å². The summed E-state index contributed by atoms with van der Waals surface area (Å²) in [6, 6.07) is 0. The van der Waals surface area contributed by atoms with Gasteiger partial charge in [0.15, 0.2) is 0 Å². The van der Waals surface area contributed by atoms with Crippen molar-refractivity contribution >= 4 is 35.2 Å². The minimum atomic E-state index is -2.22. The molecule has 0 aromatic rings. The second-order valence-corrected chi connectivity index (χ2v) is 11.2. The van der Waals surface area contributed by atoms with Gasteiger partial charge in [-0.05, 0) is 18.7 Å². The van der Waals surface area contributed by atoms with E-state index in [1.54, 1.807) is 18.4 Å². The van der Waals surface area contributed by atoms with Crippen molar-refractivity contribution in [1.82, 2.24) is 4.67 Å². The predicted molar refractivity (Wildman–Crippen MR) is 67.1 cm³/mol. The Morgan fingerprint density at radius 2 is 2.07 bits per heavy atom. The highest BCUT2D eigenvalue weighted by Gasteiger charge is 2.29. The first-order chi connectivity index (χ1) is 6.25. The van der Waals surface area contributed by atoms with Crippen LogP contribution in [-0.4, -0.2) is 29.5 Å². The van der Waals surface area contributed by atoms with Crippen LogP contribution in [0, 0.1) is 0 Å². The molecule has 0 aliphatic rings. The summed E-state index contributed by atoms with van der Waals surface area (Å²) in [5, 5.41) is 0. The van der Waals surface area contributed by atoms with Gasteiger partial charge in [0.05, 0.1) is 6.61 Å². The molecule has 0 aliphatic carbocycles. The van der Waals surface area contributed by atoms with Gasteiger partial charge in [0.2, 0.25) is 12.0 Å². The molecule has 0 N–H and O–H groups in total. The van der Waals surface area contributed by atoms with Gasteiger partial charge in [-0.3, -0.25) is 9.46 Å². The molecule has 0 aromatic carbocycles. The Kier molecular flexibility index (Phi) is 5.67. The maximum Gasteiger partial charge on any atom is 0.215 e. The molecule has 0 rings (SSSR count). The van der Waals surface area contributed by atoms with E-state index < -0.39 is 5.62 Å². The Hall–Kier alpha value is 0.430. The third-order valence-electron chi connectivity index (χ3n) is 1.22. The quantitative estimate of drug-likeness (QED) is 0.558. The smallest absolute Gasteiger partial charge is 0.215 e. The molecular weight excluding hydrogens is 237 g/mol. The fraction of sp³-hybridized carbons (Fsp3) is 0.875. The summed E-state index contributed by atoms with van der Waals surface area (Å²) in [6.07, 6.45) is 0.745. The van der Waals surface area contributed by atoms with Gasteiger partial charge >= 0.3 is 0 Å². The van der Waals surface area contributed by atoms with Gasteiger partial charge < -0.3 is 4.52 Å². The van der Waals surface area contributed by atoms with Crippen molar-refractivity contribution in [2.75, 3.05) is 13.7 Å². The van der Waals surface area contributed by atoms with Crippen LogP contribution in [0.5, 0.6) is 0 Å². The molecular formula is C8H18NO2PS2. The number of rotatable bonds is 5. The van der Waals surface area contributed by atoms with Crippen LogP contribution in [0.2, 0.25) is 0 Å². The molecule has 1 amide bonds. The van der Waals surface area contributed by atoms with Crippen LogP contribution in [0.3, 0.4) is 0 Å². The molecule has 3 nitrogen and oxygen atoms in total. The van der Waals surface area contributed by atoms with Gasteiger partial charge in [-0.15, -0.1) is 0 Å². The van der Waals surface area contributed by atoms with Crippen molar-refractivity contribution in [3.8, 4) is 0 Å². The second-order valence-electron chi connectivity index (χ2n) is 3.77. The van der Waals surface area contributed by atoms with Crippen LogP contribution in [0.4, 0.5) is 0 Å². The summed E-state index contributed by atoms with van der Waals surface area (Å²) in [4.78, 5) is 10.7. The van der Waals surface area contributed by atoms with Crippen molar-refractivity contribution in [3.05, 3.63) is 0 Å². The molecule has 6 heteroatoms. The Balaban J connectivity index is 4.73. The van der Waals surface area contributed by atoms with Crippen molar-refractivity contribution in [2.45, 2.75) is 32.4 Å². The Morgan fingerprint density at radius 1 is 1.57 bits per heavy atom. The number of nitrogens with zero attached hydrogens (tertiary/aromatic N) is 1. The fourth-order valence-electron chi connectivity index (χ4n) is 0.749. The number of hydrogen-bond acceptors (Lipinski definition) is 4. The third-order valence-corrected chi connectivity index (χ3v) is 8.63. The van der Waals surface area contributed by atoms with Gasteiger partial charge in [0.1, 0.15) is 0 Å². The van der Waals surface area contributed by atoms with Gasteiger partial charge in [0, 0.05) is 11.8 Å². The number of hydrogen-bond donors (Lipinski definition) is 0. The van der Waals surface area contributed by atoms with Gasteiger partial charge in [0.25, 0.3) is 0 Å². The summed E-state index contributed by atoms with van der Waals surface area (Å²) >= 11 is 6.98. The third kappa shape index (κ3) is 4.78. The highest BCUT2D eigenvalue weighted by atomic mass is 32.9. The maximum absolute atomic E-state index is 10.7. The van der Waals surface area contributed by atoms with Crippen LogP contribution in [-0.2, 0) is 21.1 Å². The molecule has 1 atom stereocenters. The second kappa shape index (κ2) is 5.50. The Morgan fingerprint density at radius 3 is 2.36 bits per heavy atom. The minimum absolute atomic E-state index is 0.00195. The van der Waals surface area contributed by atoms with Crippen molar-refractivity contribution in [2.24, 2.45) is 0 Å². The van der Waals surface area contributed by atoms with E-state index in [9.17, 15) is 4.79 Å². The zero-order chi connectivity index (χ0) is 11.4. The van der Waals surface area contributed by atoms with Crippen LogP contribution in [0.1, 0.15) is 27.7 Å². The van der Waals surface area contributed by atoms with E-state index in [0.717, 1.165) is 6.41 Å². The van der Waals surface area contributed by atoms with E-state index in [4.69, 9.17) is 16.3 Å². The van der Waals surface area contributed by atoms with Crippen molar-refractivity contribution in [1.29, 1.82) is 0 Å². The van der Waals surface area contributed by atoms with E-state index in [-0.39, 0.29) is 4.75 Å². The molecule has 0 bridgehead atoms. The first-order valence-corrected chi connectivity index (χ1v) is 8.48. The van der Waals surface area contributed by atoms with Crippen molar-refractivity contribution in [3.63, 3.8) is 0 Å². The molecule has 1 unspecified atom stereocenters. The zero-order valence-electron chi connectivity index (χ0n) is 9.31. The molecule has 0 radical (unpaired) electrons. The van der Waals surface area contributed by atoms with Gasteiger partial charge in [-0.25, -0.2) is 0 Å². The molecule has 0 aromatic heterocycles. The lowest BCUT2D eigenvalue weighted by Gasteiger charge is -2.32. The normalized spacial score (nSPS) is 16.1. The van der Waals surface area contributed by atoms with Crippen LogP contribution < -0.4 is 0 Å². The lowest BCUT2D eigenvalue weighted by atomic mass is 10.3. The summed E-state index contributed by atoms with van der Waals surface area (Å²) in [5.74, 6) is 0. The zero-order valence-corrected chi connectivity index (χ0v) is 11.8. The molecule has 0 saturated carbocycles. The number of amides is 1. The van der Waals surface area contributed by atoms with Crippen LogP contribution >= 0.6 is 17.0 Å². The minimum Gasteiger partial charge on any atom is -0.327 e. The van der Waals surface area contributed by atoms with E-state index in [1.807, 2.05) is 6.92 Å². The molecule has 0 saturated heterocycles. The Bertz CT molecular complexity index is 240. The largest absolute Gasteiger partial charge is 0.327 e. The predicted octanol–water partition coefficient (Wildman–Crippen LogP) is 2.87. The van der Waals surface area contributed by atoms with Crippen molar-refractivity contribution < 1.29 is 9.32 Å². The average molecular weight is 255 g/mol. The highest BCUT2D eigenvalue weighted by Crippen LogP contribution is 2.65. The fourth-order valence-corrected chi connectivity index (χ4v) is 7.74.